The number of ether oxygens (including phenoxy) is 2. The van der Waals surface area contributed by atoms with Gasteiger partial charge < -0.3 is 20.1 Å². The van der Waals surface area contributed by atoms with Gasteiger partial charge in [-0.3, -0.25) is 19.3 Å². The van der Waals surface area contributed by atoms with Gasteiger partial charge in [0, 0.05) is 30.9 Å². The van der Waals surface area contributed by atoms with Gasteiger partial charge in [-0.05, 0) is 49.6 Å². The zero-order valence-electron chi connectivity index (χ0n) is 20.2. The van der Waals surface area contributed by atoms with Crippen molar-refractivity contribution in [2.24, 2.45) is 5.92 Å². The van der Waals surface area contributed by atoms with Crippen molar-refractivity contribution in [3.63, 3.8) is 0 Å². The Morgan fingerprint density at radius 2 is 1.53 bits per heavy atom. The second-order valence-corrected chi connectivity index (χ2v) is 8.28. The normalized spacial score (nSPS) is 13.5. The maximum absolute atomic E-state index is 13.3. The van der Waals surface area contributed by atoms with Gasteiger partial charge in [-0.2, -0.15) is 0 Å². The number of rotatable bonds is 10. The van der Waals surface area contributed by atoms with Crippen LogP contribution in [0.2, 0.25) is 0 Å². The monoisotopic (exact) mass is 465 g/mol. The van der Waals surface area contributed by atoms with Crippen molar-refractivity contribution in [2.45, 2.75) is 34.6 Å². The van der Waals surface area contributed by atoms with Crippen molar-refractivity contribution in [2.75, 3.05) is 30.4 Å². The van der Waals surface area contributed by atoms with Gasteiger partial charge >= 0.3 is 0 Å². The summed E-state index contributed by atoms with van der Waals surface area (Å²) in [5.41, 5.74) is 2.27. The van der Waals surface area contributed by atoms with Crippen LogP contribution in [0.4, 0.5) is 11.4 Å². The lowest BCUT2D eigenvalue weighted by molar-refractivity contribution is -0.137. The summed E-state index contributed by atoms with van der Waals surface area (Å²) in [5, 5.41) is 5.85. The van der Waals surface area contributed by atoms with Crippen LogP contribution in [0, 0.1) is 5.92 Å². The summed E-state index contributed by atoms with van der Waals surface area (Å²) in [7, 11) is 0. The summed E-state index contributed by atoms with van der Waals surface area (Å²) >= 11 is 0. The van der Waals surface area contributed by atoms with E-state index in [-0.39, 0.29) is 34.9 Å². The maximum atomic E-state index is 13.3. The molecule has 0 saturated carbocycles. The summed E-state index contributed by atoms with van der Waals surface area (Å²) in [4.78, 5) is 39.2. The molecule has 1 aliphatic heterocycles. The average molecular weight is 466 g/mol. The predicted octanol–water partition coefficient (Wildman–Crippen LogP) is 4.29. The maximum Gasteiger partial charge on any atom is 0.278 e. The zero-order chi connectivity index (χ0) is 24.8. The lowest BCUT2D eigenvalue weighted by Crippen LogP contribution is -2.35. The minimum Gasteiger partial charge on any atom is -0.490 e. The first-order valence-electron chi connectivity index (χ1n) is 11.4. The molecule has 0 spiro atoms. The molecule has 0 radical (unpaired) electrons. The number of amides is 3. The summed E-state index contributed by atoms with van der Waals surface area (Å²) < 4.78 is 11.3. The molecule has 0 aromatic heterocycles. The van der Waals surface area contributed by atoms with Crippen molar-refractivity contribution in [1.82, 2.24) is 4.90 Å². The number of hydrogen-bond acceptors (Lipinski definition) is 6. The number of benzene rings is 2. The van der Waals surface area contributed by atoms with Crippen LogP contribution in [0.15, 0.2) is 48.2 Å². The van der Waals surface area contributed by atoms with E-state index in [0.717, 1.165) is 0 Å². The molecule has 34 heavy (non-hydrogen) atoms. The molecule has 1 heterocycles. The first-order chi connectivity index (χ1) is 16.2. The van der Waals surface area contributed by atoms with Crippen LogP contribution in [-0.4, -0.2) is 42.4 Å². The molecule has 180 valence electrons. The third-order valence-corrected chi connectivity index (χ3v) is 5.02. The van der Waals surface area contributed by atoms with Crippen molar-refractivity contribution in [1.29, 1.82) is 0 Å². The standard InChI is InChI=1S/C26H31N3O5/c1-6-33-21-13-12-20(14-22(21)34-7-2)28-24-23(25(31)29(26(24)32)15-16(3)4)18-8-10-19(11-9-18)27-17(5)30/h8-14,16,28H,6-7,15H2,1-5H3,(H,27,30). The van der Waals surface area contributed by atoms with Crippen molar-refractivity contribution >= 4 is 34.7 Å². The number of anilines is 2. The van der Waals surface area contributed by atoms with Gasteiger partial charge in [0.25, 0.3) is 11.8 Å². The highest BCUT2D eigenvalue weighted by atomic mass is 16.5. The van der Waals surface area contributed by atoms with Gasteiger partial charge in [0.1, 0.15) is 5.70 Å². The number of hydrogen-bond donors (Lipinski definition) is 2. The number of nitrogens with one attached hydrogen (secondary N) is 2. The van der Waals surface area contributed by atoms with E-state index in [1.54, 1.807) is 42.5 Å². The molecule has 0 saturated heterocycles. The quantitative estimate of drug-likeness (QED) is 0.508. The predicted molar refractivity (Wildman–Crippen MR) is 132 cm³/mol. The fourth-order valence-corrected chi connectivity index (χ4v) is 3.69. The highest BCUT2D eigenvalue weighted by Crippen LogP contribution is 2.35. The Hall–Kier alpha value is -3.81. The van der Waals surface area contributed by atoms with Crippen LogP contribution in [0.25, 0.3) is 5.57 Å². The van der Waals surface area contributed by atoms with E-state index in [1.807, 2.05) is 27.7 Å². The molecular formula is C26H31N3O5. The Bertz CT molecular complexity index is 1110. The van der Waals surface area contributed by atoms with Crippen LogP contribution in [0.5, 0.6) is 11.5 Å². The first-order valence-corrected chi connectivity index (χ1v) is 11.4. The SMILES string of the molecule is CCOc1ccc(NC2=C(c3ccc(NC(C)=O)cc3)C(=O)N(CC(C)C)C2=O)cc1OCC. The molecule has 0 unspecified atom stereocenters. The van der Waals surface area contributed by atoms with E-state index >= 15 is 0 Å². The van der Waals surface area contributed by atoms with Crippen LogP contribution in [0.1, 0.15) is 40.2 Å². The Labute approximate surface area is 199 Å². The van der Waals surface area contributed by atoms with Crippen molar-refractivity contribution in [3.8, 4) is 11.5 Å². The summed E-state index contributed by atoms with van der Waals surface area (Å²) in [6.45, 7) is 10.4. The molecule has 1 aliphatic rings. The van der Waals surface area contributed by atoms with Crippen LogP contribution < -0.4 is 20.1 Å². The molecule has 2 aromatic carbocycles. The second-order valence-electron chi connectivity index (χ2n) is 8.28. The van der Waals surface area contributed by atoms with Gasteiger partial charge in [-0.25, -0.2) is 0 Å². The fraction of sp³-hybridized carbons (Fsp3) is 0.346. The van der Waals surface area contributed by atoms with Crippen molar-refractivity contribution in [3.05, 3.63) is 53.7 Å². The van der Waals surface area contributed by atoms with E-state index in [1.165, 1.54) is 11.8 Å². The summed E-state index contributed by atoms with van der Waals surface area (Å²) in [6, 6.07) is 12.1. The molecule has 3 amide bonds. The minimum atomic E-state index is -0.383. The first kappa shape index (κ1) is 24.8. The molecule has 2 aromatic rings. The Kier molecular flexibility index (Phi) is 7.94. The number of carbonyl (C=O) groups is 3. The Morgan fingerprint density at radius 3 is 2.12 bits per heavy atom. The molecule has 8 nitrogen and oxygen atoms in total. The van der Waals surface area contributed by atoms with Gasteiger partial charge in [0.05, 0.1) is 18.8 Å². The van der Waals surface area contributed by atoms with Gasteiger partial charge in [-0.15, -0.1) is 0 Å². The molecule has 0 aliphatic carbocycles. The van der Waals surface area contributed by atoms with Crippen molar-refractivity contribution < 1.29 is 23.9 Å². The second kappa shape index (κ2) is 10.9. The van der Waals surface area contributed by atoms with Gasteiger partial charge in [-0.1, -0.05) is 26.0 Å². The van der Waals surface area contributed by atoms with Crippen LogP contribution >= 0.6 is 0 Å². The Balaban J connectivity index is 2.02. The highest BCUT2D eigenvalue weighted by molar-refractivity contribution is 6.36. The van der Waals surface area contributed by atoms with E-state index in [9.17, 15) is 14.4 Å². The minimum absolute atomic E-state index is 0.116. The Morgan fingerprint density at radius 1 is 0.912 bits per heavy atom. The zero-order valence-corrected chi connectivity index (χ0v) is 20.2. The van der Waals surface area contributed by atoms with E-state index < -0.39 is 0 Å². The lowest BCUT2D eigenvalue weighted by atomic mass is 10.0. The molecule has 2 N–H and O–H groups in total. The molecular weight excluding hydrogens is 434 g/mol. The third kappa shape index (κ3) is 5.57. The molecule has 0 bridgehead atoms. The fourth-order valence-electron chi connectivity index (χ4n) is 3.69. The molecule has 8 heteroatoms. The van der Waals surface area contributed by atoms with E-state index in [0.29, 0.717) is 48.2 Å². The number of carbonyl (C=O) groups excluding carboxylic acids is 3. The molecule has 3 rings (SSSR count). The third-order valence-electron chi connectivity index (χ3n) is 5.02. The lowest BCUT2D eigenvalue weighted by Gasteiger charge is -2.17. The van der Waals surface area contributed by atoms with E-state index in [2.05, 4.69) is 10.6 Å². The highest BCUT2D eigenvalue weighted by Gasteiger charge is 2.39. The number of nitrogens with zero attached hydrogens (tertiary/aromatic N) is 1. The van der Waals surface area contributed by atoms with Gasteiger partial charge in [0.15, 0.2) is 11.5 Å². The molecule has 0 atom stereocenters. The van der Waals surface area contributed by atoms with E-state index in [4.69, 9.17) is 9.47 Å². The summed E-state index contributed by atoms with van der Waals surface area (Å²) in [5.74, 6) is 0.339. The van der Waals surface area contributed by atoms with Crippen LogP contribution in [0.3, 0.4) is 0 Å². The summed E-state index contributed by atoms with van der Waals surface area (Å²) in [6.07, 6.45) is 0. The molecule has 0 fully saturated rings. The largest absolute Gasteiger partial charge is 0.490 e. The van der Waals surface area contributed by atoms with Gasteiger partial charge in [0.2, 0.25) is 5.91 Å². The number of imide groups is 1. The smallest absolute Gasteiger partial charge is 0.278 e. The topological polar surface area (TPSA) is 97.0 Å². The van der Waals surface area contributed by atoms with Crippen LogP contribution in [-0.2, 0) is 14.4 Å². The average Bonchev–Trinajstić information content (AvgIpc) is 3.00.